The summed E-state index contributed by atoms with van der Waals surface area (Å²) in [5.74, 6) is 1.56. The summed E-state index contributed by atoms with van der Waals surface area (Å²) in [6, 6.07) is 27.0. The molecular weight excluding hydrogens is 779 g/mol. The lowest BCUT2D eigenvalue weighted by atomic mass is 10.0. The van der Waals surface area contributed by atoms with Crippen LogP contribution in [-0.2, 0) is 24.3 Å². The molecule has 3 aromatic heterocycles. The third kappa shape index (κ3) is 9.35. The van der Waals surface area contributed by atoms with Crippen LogP contribution in [0, 0.1) is 32.1 Å². The second-order valence-corrected chi connectivity index (χ2v) is 16.3. The van der Waals surface area contributed by atoms with E-state index in [4.69, 9.17) is 19.9 Å². The van der Waals surface area contributed by atoms with Crippen LogP contribution >= 0.6 is 0 Å². The van der Waals surface area contributed by atoms with E-state index in [1.807, 2.05) is 66.4 Å². The molecule has 1 aliphatic heterocycles. The first-order valence-electron chi connectivity index (χ1n) is 20.7. The highest BCUT2D eigenvalue weighted by Crippen LogP contribution is 2.25. The SMILES string of the molecule is Cc1cc2nc(CN(C)c3nc(Nc4cccc(CN5CCN(C(=O)c6cc7[nH]ccc7cc6C)CC5)c4)nc(N[C@@H](Cc4ccc(C#N)cc4)C(=O)N(C)C)n3)[nH]c2cc1C. The van der Waals surface area contributed by atoms with Gasteiger partial charge in [0.05, 0.1) is 29.2 Å². The number of rotatable bonds is 13. The second-order valence-electron chi connectivity index (χ2n) is 16.3. The Morgan fingerprint density at radius 2 is 1.58 bits per heavy atom. The first-order chi connectivity index (χ1) is 29.9. The van der Waals surface area contributed by atoms with E-state index >= 15 is 0 Å². The number of H-pyrrole nitrogens is 2. The number of imidazole rings is 1. The van der Waals surface area contributed by atoms with Gasteiger partial charge in [0.2, 0.25) is 23.8 Å². The van der Waals surface area contributed by atoms with Crippen LogP contribution in [0.3, 0.4) is 0 Å². The number of hydrogen-bond donors (Lipinski definition) is 4. The third-order valence-corrected chi connectivity index (χ3v) is 11.4. The molecule has 1 atom stereocenters. The number of piperazine rings is 1. The van der Waals surface area contributed by atoms with Crippen LogP contribution in [0.15, 0.2) is 85.1 Å². The van der Waals surface area contributed by atoms with E-state index in [1.165, 1.54) is 16.0 Å². The van der Waals surface area contributed by atoms with Crippen LogP contribution < -0.4 is 15.5 Å². The Kier molecular flexibility index (Phi) is 11.8. The summed E-state index contributed by atoms with van der Waals surface area (Å²) < 4.78 is 0. The molecule has 0 radical (unpaired) electrons. The summed E-state index contributed by atoms with van der Waals surface area (Å²) in [7, 11) is 5.32. The van der Waals surface area contributed by atoms with Gasteiger partial charge in [-0.15, -0.1) is 0 Å². The molecule has 62 heavy (non-hydrogen) atoms. The minimum Gasteiger partial charge on any atom is -0.361 e. The predicted molar refractivity (Wildman–Crippen MR) is 242 cm³/mol. The molecule has 0 saturated carbocycles. The molecule has 15 heteroatoms. The number of likely N-dealkylation sites (N-methyl/N-ethyl adjacent to an activating group) is 1. The van der Waals surface area contributed by atoms with Crippen molar-refractivity contribution in [1.82, 2.24) is 44.6 Å². The maximum Gasteiger partial charge on any atom is 0.254 e. The van der Waals surface area contributed by atoms with E-state index < -0.39 is 6.04 Å². The van der Waals surface area contributed by atoms with Crippen molar-refractivity contribution in [3.05, 3.63) is 130 Å². The molecule has 4 N–H and O–H groups in total. The zero-order chi connectivity index (χ0) is 43.5. The fourth-order valence-corrected chi connectivity index (χ4v) is 7.83. The van der Waals surface area contributed by atoms with Crippen molar-refractivity contribution >= 4 is 57.3 Å². The number of nitriles is 1. The number of hydrogen-bond acceptors (Lipinski definition) is 11. The van der Waals surface area contributed by atoms with Crippen molar-refractivity contribution in [1.29, 1.82) is 5.26 Å². The lowest BCUT2D eigenvalue weighted by Gasteiger charge is -2.35. The van der Waals surface area contributed by atoms with Gasteiger partial charge in [0.25, 0.3) is 5.91 Å². The Bertz CT molecular complexity index is 2760. The highest BCUT2D eigenvalue weighted by Gasteiger charge is 2.25. The Balaban J connectivity index is 1.00. The standard InChI is InChI=1S/C47H51N13O2/c1-29-21-39-40(22-30(29)2)52-42(51-39)28-58(6)47-55-45(54-46(56-47)53-41(44(62)57(4)5)24-32-10-12-33(26-48)13-11-32)50-36-9-7-8-34(23-36)27-59-16-18-60(19-17-59)43(61)37-25-38-35(14-15-49-38)20-31(37)3/h7-15,20-23,25,41,49H,16-19,24,27-28H2,1-6H3,(H,51,52)(H2,50,53,54,55,56)/t41-/m0/s1. The normalized spacial score (nSPS) is 13.5. The summed E-state index contributed by atoms with van der Waals surface area (Å²) in [5.41, 5.74) is 10.2. The minimum absolute atomic E-state index is 0.0653. The quantitative estimate of drug-likeness (QED) is 0.100. The zero-order valence-corrected chi connectivity index (χ0v) is 36.0. The van der Waals surface area contributed by atoms with Crippen LogP contribution in [0.5, 0.6) is 0 Å². The summed E-state index contributed by atoms with van der Waals surface area (Å²) in [6.45, 7) is 10.1. The number of benzene rings is 4. The van der Waals surface area contributed by atoms with Gasteiger partial charge in [0.1, 0.15) is 11.9 Å². The van der Waals surface area contributed by atoms with Crippen LogP contribution in [0.1, 0.15) is 49.6 Å². The highest BCUT2D eigenvalue weighted by atomic mass is 16.2. The van der Waals surface area contributed by atoms with Gasteiger partial charge < -0.3 is 35.3 Å². The Hall–Kier alpha value is -7.31. The average Bonchev–Trinajstić information content (AvgIpc) is 3.88. The maximum atomic E-state index is 13.6. The molecule has 2 amide bonds. The Labute approximate surface area is 360 Å². The molecule has 0 bridgehead atoms. The lowest BCUT2D eigenvalue weighted by Crippen LogP contribution is -2.48. The average molecular weight is 830 g/mol. The van der Waals surface area contributed by atoms with Crippen molar-refractivity contribution < 1.29 is 9.59 Å². The molecule has 316 valence electrons. The highest BCUT2D eigenvalue weighted by molar-refractivity contribution is 5.99. The van der Waals surface area contributed by atoms with Crippen molar-refractivity contribution in [2.24, 2.45) is 0 Å². The smallest absolute Gasteiger partial charge is 0.254 e. The lowest BCUT2D eigenvalue weighted by molar-refractivity contribution is -0.129. The van der Waals surface area contributed by atoms with Crippen LogP contribution in [-0.4, -0.2) is 110 Å². The summed E-state index contributed by atoms with van der Waals surface area (Å²) in [5, 5.41) is 17.1. The fraction of sp³-hybridized carbons (Fsp3) is 0.298. The largest absolute Gasteiger partial charge is 0.361 e. The maximum absolute atomic E-state index is 13.6. The van der Waals surface area contributed by atoms with Gasteiger partial charge in [-0.2, -0.15) is 20.2 Å². The summed E-state index contributed by atoms with van der Waals surface area (Å²) >= 11 is 0. The van der Waals surface area contributed by atoms with E-state index in [0.717, 1.165) is 68.8 Å². The molecule has 4 aromatic carbocycles. The molecule has 0 unspecified atom stereocenters. The minimum atomic E-state index is -0.709. The van der Waals surface area contributed by atoms with Crippen molar-refractivity contribution in [3.63, 3.8) is 0 Å². The van der Waals surface area contributed by atoms with Gasteiger partial charge in [-0.25, -0.2) is 4.98 Å². The number of aromatic amines is 2. The Morgan fingerprint density at radius 1 is 0.823 bits per heavy atom. The van der Waals surface area contributed by atoms with Crippen LogP contribution in [0.2, 0.25) is 0 Å². The van der Waals surface area contributed by atoms with Crippen molar-refractivity contribution in [2.75, 3.05) is 62.9 Å². The van der Waals surface area contributed by atoms with E-state index in [0.29, 0.717) is 50.1 Å². The second kappa shape index (κ2) is 17.7. The van der Waals surface area contributed by atoms with Crippen LogP contribution in [0.25, 0.3) is 21.9 Å². The molecule has 1 saturated heterocycles. The zero-order valence-electron chi connectivity index (χ0n) is 36.0. The predicted octanol–water partition coefficient (Wildman–Crippen LogP) is 6.48. The van der Waals surface area contributed by atoms with Crippen LogP contribution in [0.4, 0.5) is 23.5 Å². The van der Waals surface area contributed by atoms with Gasteiger partial charge in [0, 0.05) is 83.3 Å². The summed E-state index contributed by atoms with van der Waals surface area (Å²) in [6.07, 6.45) is 2.24. The molecule has 0 spiro atoms. The first-order valence-corrected chi connectivity index (χ1v) is 20.7. The van der Waals surface area contributed by atoms with Crippen molar-refractivity contribution in [2.45, 2.75) is 46.3 Å². The number of fused-ring (bicyclic) bond motifs is 2. The summed E-state index contributed by atoms with van der Waals surface area (Å²) in [4.78, 5) is 60.8. The molecule has 15 nitrogen and oxygen atoms in total. The van der Waals surface area contributed by atoms with E-state index in [2.05, 4.69) is 75.7 Å². The number of anilines is 4. The van der Waals surface area contributed by atoms with E-state index in [-0.39, 0.29) is 17.8 Å². The number of aryl methyl sites for hydroxylation is 3. The van der Waals surface area contributed by atoms with E-state index in [9.17, 15) is 14.9 Å². The number of carbonyl (C=O) groups excluding carboxylic acids is 2. The van der Waals surface area contributed by atoms with Gasteiger partial charge in [0.15, 0.2) is 0 Å². The number of aromatic nitrogens is 6. The molecule has 4 heterocycles. The third-order valence-electron chi connectivity index (χ3n) is 11.4. The molecular formula is C47H51N13O2. The monoisotopic (exact) mass is 829 g/mol. The van der Waals surface area contributed by atoms with Crippen molar-refractivity contribution in [3.8, 4) is 6.07 Å². The van der Waals surface area contributed by atoms with Gasteiger partial charge in [-0.3, -0.25) is 14.5 Å². The van der Waals surface area contributed by atoms with Gasteiger partial charge in [-0.1, -0.05) is 24.3 Å². The van der Waals surface area contributed by atoms with Gasteiger partial charge in [-0.05, 0) is 109 Å². The number of carbonyl (C=O) groups is 2. The number of amides is 2. The van der Waals surface area contributed by atoms with Gasteiger partial charge >= 0.3 is 0 Å². The molecule has 7 aromatic rings. The Morgan fingerprint density at radius 3 is 2.34 bits per heavy atom. The first kappa shape index (κ1) is 41.4. The number of nitrogens with zero attached hydrogens (tertiary/aromatic N) is 9. The molecule has 1 aliphatic rings. The topological polar surface area (TPSA) is 178 Å². The fourth-order valence-electron chi connectivity index (χ4n) is 7.83. The molecule has 0 aliphatic carbocycles. The number of nitrogens with one attached hydrogen (secondary N) is 4. The van der Waals surface area contributed by atoms with E-state index in [1.54, 1.807) is 26.2 Å². The molecule has 1 fully saturated rings. The molecule has 8 rings (SSSR count).